The lowest BCUT2D eigenvalue weighted by molar-refractivity contribution is 0.165. The van der Waals surface area contributed by atoms with Crippen molar-refractivity contribution in [1.82, 2.24) is 5.32 Å². The summed E-state index contributed by atoms with van der Waals surface area (Å²) in [6.45, 7) is 6.76. The third-order valence-electron chi connectivity index (χ3n) is 2.91. The minimum Gasteiger partial charge on any atom is -0.458 e. The fourth-order valence-corrected chi connectivity index (χ4v) is 2.08. The molecule has 1 N–H and O–H groups in total. The Kier molecular flexibility index (Phi) is 4.39. The lowest BCUT2D eigenvalue weighted by Gasteiger charge is -2.07. The zero-order valence-electron chi connectivity index (χ0n) is 11.3. The van der Waals surface area contributed by atoms with Gasteiger partial charge in [0.05, 0.1) is 0 Å². The van der Waals surface area contributed by atoms with E-state index >= 15 is 0 Å². The van der Waals surface area contributed by atoms with Gasteiger partial charge in [-0.3, -0.25) is 0 Å². The maximum Gasteiger partial charge on any atom is 0.135 e. The Morgan fingerprint density at radius 3 is 2.78 bits per heavy atom. The Labute approximate surface area is 108 Å². The molecule has 0 bridgehead atoms. The van der Waals surface area contributed by atoms with Gasteiger partial charge in [0, 0.05) is 24.6 Å². The molecule has 1 aromatic heterocycles. The van der Waals surface area contributed by atoms with E-state index in [2.05, 4.69) is 25.2 Å². The quantitative estimate of drug-likeness (QED) is 0.850. The summed E-state index contributed by atoms with van der Waals surface area (Å²) in [5.41, 5.74) is 2.15. The topological polar surface area (TPSA) is 34.4 Å². The smallest absolute Gasteiger partial charge is 0.135 e. The van der Waals surface area contributed by atoms with Gasteiger partial charge in [-0.25, -0.2) is 0 Å². The van der Waals surface area contributed by atoms with Gasteiger partial charge in [-0.15, -0.1) is 0 Å². The SMILES string of the molecule is COCc1oc2ccccc2c1CNCC(C)C. The van der Waals surface area contributed by atoms with E-state index in [4.69, 9.17) is 9.15 Å². The Morgan fingerprint density at radius 1 is 1.28 bits per heavy atom. The Morgan fingerprint density at radius 2 is 2.06 bits per heavy atom. The second kappa shape index (κ2) is 6.03. The van der Waals surface area contributed by atoms with Gasteiger partial charge >= 0.3 is 0 Å². The van der Waals surface area contributed by atoms with E-state index in [-0.39, 0.29) is 0 Å². The number of nitrogens with one attached hydrogen (secondary N) is 1. The molecule has 0 fully saturated rings. The fourth-order valence-electron chi connectivity index (χ4n) is 2.08. The van der Waals surface area contributed by atoms with Gasteiger partial charge in [-0.2, -0.15) is 0 Å². The highest BCUT2D eigenvalue weighted by molar-refractivity contribution is 5.82. The van der Waals surface area contributed by atoms with Crippen molar-refractivity contribution >= 4 is 11.0 Å². The molecule has 0 aliphatic heterocycles. The molecule has 1 aromatic carbocycles. The highest BCUT2D eigenvalue weighted by Gasteiger charge is 2.13. The van der Waals surface area contributed by atoms with E-state index in [1.165, 1.54) is 10.9 Å². The fraction of sp³-hybridized carbons (Fsp3) is 0.467. The van der Waals surface area contributed by atoms with E-state index in [0.717, 1.165) is 24.4 Å². The lowest BCUT2D eigenvalue weighted by atomic mass is 10.1. The molecule has 0 saturated carbocycles. The summed E-state index contributed by atoms with van der Waals surface area (Å²) < 4.78 is 11.0. The first kappa shape index (κ1) is 13.1. The number of ether oxygens (including phenoxy) is 1. The van der Waals surface area contributed by atoms with Gasteiger partial charge in [0.15, 0.2) is 0 Å². The van der Waals surface area contributed by atoms with Gasteiger partial charge in [0.2, 0.25) is 0 Å². The first-order chi connectivity index (χ1) is 8.72. The van der Waals surface area contributed by atoms with Gasteiger partial charge in [-0.1, -0.05) is 32.0 Å². The molecule has 2 aromatic rings. The molecular weight excluding hydrogens is 226 g/mol. The minimum atomic E-state index is 0.521. The Bertz CT molecular complexity index is 502. The van der Waals surface area contributed by atoms with Crippen LogP contribution in [0.3, 0.4) is 0 Å². The first-order valence-electron chi connectivity index (χ1n) is 6.41. The van der Waals surface area contributed by atoms with Crippen LogP contribution >= 0.6 is 0 Å². The third-order valence-corrected chi connectivity index (χ3v) is 2.91. The maximum atomic E-state index is 5.83. The molecule has 98 valence electrons. The minimum absolute atomic E-state index is 0.521. The molecule has 1 heterocycles. The molecule has 0 amide bonds. The van der Waals surface area contributed by atoms with Crippen molar-refractivity contribution in [3.8, 4) is 0 Å². The van der Waals surface area contributed by atoms with Gasteiger partial charge in [0.1, 0.15) is 18.0 Å². The van der Waals surface area contributed by atoms with Crippen LogP contribution in [0.1, 0.15) is 25.2 Å². The molecule has 0 unspecified atom stereocenters. The van der Waals surface area contributed by atoms with E-state index in [9.17, 15) is 0 Å². The van der Waals surface area contributed by atoms with Crippen molar-refractivity contribution in [3.63, 3.8) is 0 Å². The number of fused-ring (bicyclic) bond motifs is 1. The molecule has 3 nitrogen and oxygen atoms in total. The number of hydrogen-bond acceptors (Lipinski definition) is 3. The van der Waals surface area contributed by atoms with Crippen molar-refractivity contribution in [1.29, 1.82) is 0 Å². The molecule has 0 aliphatic rings. The number of methoxy groups -OCH3 is 1. The average molecular weight is 247 g/mol. The molecular formula is C15H21NO2. The van der Waals surface area contributed by atoms with E-state index < -0.39 is 0 Å². The highest BCUT2D eigenvalue weighted by atomic mass is 16.5. The summed E-state index contributed by atoms with van der Waals surface area (Å²) in [4.78, 5) is 0. The van der Waals surface area contributed by atoms with Crippen molar-refractivity contribution < 1.29 is 9.15 Å². The van der Waals surface area contributed by atoms with Crippen LogP contribution in [0.25, 0.3) is 11.0 Å². The van der Waals surface area contributed by atoms with Crippen molar-refractivity contribution in [2.45, 2.75) is 27.0 Å². The summed E-state index contributed by atoms with van der Waals surface area (Å²) in [5, 5.41) is 4.64. The lowest BCUT2D eigenvalue weighted by Crippen LogP contribution is -2.19. The van der Waals surface area contributed by atoms with Crippen LogP contribution in [0.2, 0.25) is 0 Å². The van der Waals surface area contributed by atoms with Crippen LogP contribution in [0.5, 0.6) is 0 Å². The molecule has 2 rings (SSSR count). The molecule has 18 heavy (non-hydrogen) atoms. The van der Waals surface area contributed by atoms with Crippen LogP contribution in [0.4, 0.5) is 0 Å². The summed E-state index contributed by atoms with van der Waals surface area (Å²) >= 11 is 0. The number of benzene rings is 1. The Balaban J connectivity index is 2.24. The van der Waals surface area contributed by atoms with Crippen molar-refractivity contribution in [3.05, 3.63) is 35.6 Å². The average Bonchev–Trinajstić information content (AvgIpc) is 2.68. The van der Waals surface area contributed by atoms with Crippen molar-refractivity contribution in [2.75, 3.05) is 13.7 Å². The monoisotopic (exact) mass is 247 g/mol. The predicted molar refractivity (Wildman–Crippen MR) is 73.5 cm³/mol. The van der Waals surface area contributed by atoms with Gasteiger partial charge in [0.25, 0.3) is 0 Å². The third kappa shape index (κ3) is 2.92. The van der Waals surface area contributed by atoms with E-state index in [0.29, 0.717) is 12.5 Å². The normalized spacial score (nSPS) is 11.6. The van der Waals surface area contributed by atoms with Crippen LogP contribution in [0, 0.1) is 5.92 Å². The molecule has 0 atom stereocenters. The van der Waals surface area contributed by atoms with Crippen LogP contribution in [-0.2, 0) is 17.9 Å². The second-order valence-corrected chi connectivity index (χ2v) is 4.96. The molecule has 0 aliphatic carbocycles. The molecule has 0 radical (unpaired) electrons. The summed E-state index contributed by atoms with van der Waals surface area (Å²) in [7, 11) is 1.69. The molecule has 0 spiro atoms. The maximum absolute atomic E-state index is 5.83. The van der Waals surface area contributed by atoms with E-state index in [1.54, 1.807) is 7.11 Å². The number of hydrogen-bond donors (Lipinski definition) is 1. The number of furan rings is 1. The largest absolute Gasteiger partial charge is 0.458 e. The second-order valence-electron chi connectivity index (χ2n) is 4.96. The van der Waals surface area contributed by atoms with Gasteiger partial charge < -0.3 is 14.5 Å². The van der Waals surface area contributed by atoms with Gasteiger partial charge in [-0.05, 0) is 18.5 Å². The standard InChI is InChI=1S/C15H21NO2/c1-11(2)8-16-9-13-12-6-4-5-7-14(12)18-15(13)10-17-3/h4-7,11,16H,8-10H2,1-3H3. The zero-order valence-corrected chi connectivity index (χ0v) is 11.3. The highest BCUT2D eigenvalue weighted by Crippen LogP contribution is 2.26. The van der Waals surface area contributed by atoms with Crippen LogP contribution in [0.15, 0.2) is 28.7 Å². The Hall–Kier alpha value is -1.32. The summed E-state index contributed by atoms with van der Waals surface area (Å²) in [6.07, 6.45) is 0. The van der Waals surface area contributed by atoms with Crippen LogP contribution in [-0.4, -0.2) is 13.7 Å². The predicted octanol–water partition coefficient (Wildman–Crippen LogP) is 3.32. The molecule has 3 heteroatoms. The molecule has 0 saturated heterocycles. The van der Waals surface area contributed by atoms with E-state index in [1.807, 2.05) is 18.2 Å². The zero-order chi connectivity index (χ0) is 13.0. The summed E-state index contributed by atoms with van der Waals surface area (Å²) in [5.74, 6) is 1.57. The number of para-hydroxylation sites is 1. The summed E-state index contributed by atoms with van der Waals surface area (Å²) in [6, 6.07) is 8.14. The van der Waals surface area contributed by atoms with Crippen LogP contribution < -0.4 is 5.32 Å². The number of rotatable bonds is 6. The van der Waals surface area contributed by atoms with Crippen molar-refractivity contribution in [2.24, 2.45) is 5.92 Å². The first-order valence-corrected chi connectivity index (χ1v) is 6.41.